The van der Waals surface area contributed by atoms with Gasteiger partial charge in [-0.05, 0) is 18.9 Å². The number of nitro groups is 1. The van der Waals surface area contributed by atoms with Gasteiger partial charge in [0.2, 0.25) is 11.8 Å². The Morgan fingerprint density at radius 2 is 1.63 bits per heavy atom. The number of fused-ring (bicyclic) bond motifs is 1. The molecule has 10 nitrogen and oxygen atoms in total. The molecule has 1 saturated heterocycles. The topological polar surface area (TPSA) is 121 Å². The summed E-state index contributed by atoms with van der Waals surface area (Å²) in [7, 11) is 0. The van der Waals surface area contributed by atoms with Gasteiger partial charge in [0.25, 0.3) is 17.5 Å². The van der Waals surface area contributed by atoms with Crippen LogP contribution >= 0.6 is 0 Å². The lowest BCUT2D eigenvalue weighted by atomic mass is 10.1. The van der Waals surface area contributed by atoms with Crippen molar-refractivity contribution in [2.75, 3.05) is 32.7 Å². The number of unbranched alkanes of at least 4 members (excludes halogenated alkanes) is 1. The molecule has 0 unspecified atom stereocenters. The molecule has 2 aliphatic rings. The highest BCUT2D eigenvalue weighted by Gasteiger charge is 2.38. The van der Waals surface area contributed by atoms with E-state index in [1.54, 1.807) is 9.80 Å². The molecule has 0 bridgehead atoms. The van der Waals surface area contributed by atoms with E-state index in [0.29, 0.717) is 39.0 Å². The minimum absolute atomic E-state index is 0.0574. The highest BCUT2D eigenvalue weighted by atomic mass is 16.6. The number of rotatable bonds is 6. The number of amides is 4. The average Bonchev–Trinajstić information content (AvgIpc) is 2.91. The molecule has 30 heavy (non-hydrogen) atoms. The third-order valence-corrected chi connectivity index (χ3v) is 5.40. The maximum absolute atomic E-state index is 12.7. The number of non-ortho nitro benzene ring substituents is 1. The number of nitro benzene ring substituents is 1. The van der Waals surface area contributed by atoms with E-state index < -0.39 is 23.3 Å². The van der Waals surface area contributed by atoms with Gasteiger partial charge in [-0.2, -0.15) is 0 Å². The van der Waals surface area contributed by atoms with Crippen LogP contribution in [0.4, 0.5) is 5.69 Å². The van der Waals surface area contributed by atoms with Gasteiger partial charge in [0.05, 0.1) is 16.1 Å². The first-order valence-corrected chi connectivity index (χ1v) is 10.0. The van der Waals surface area contributed by atoms with E-state index in [1.165, 1.54) is 6.07 Å². The number of hydrogen-bond acceptors (Lipinski definition) is 6. The van der Waals surface area contributed by atoms with Gasteiger partial charge in [0.1, 0.15) is 6.54 Å². The van der Waals surface area contributed by atoms with Crippen molar-refractivity contribution in [1.29, 1.82) is 0 Å². The molecule has 0 atom stereocenters. The minimum atomic E-state index is -0.710. The molecule has 1 aromatic rings. The van der Waals surface area contributed by atoms with Gasteiger partial charge in [-0.15, -0.1) is 0 Å². The van der Waals surface area contributed by atoms with Crippen LogP contribution in [-0.4, -0.2) is 76.0 Å². The zero-order chi connectivity index (χ0) is 21.8. The third kappa shape index (κ3) is 4.32. The fourth-order valence-corrected chi connectivity index (χ4v) is 3.67. The van der Waals surface area contributed by atoms with Crippen LogP contribution in [0.15, 0.2) is 18.2 Å². The Morgan fingerprint density at radius 1 is 1.00 bits per heavy atom. The largest absolute Gasteiger partial charge is 0.341 e. The SMILES string of the molecule is CCCCC(=O)N1CCCN(C(=O)CN2C(=O)c3ccc([N+](=O)[O-])cc3C2=O)CC1. The van der Waals surface area contributed by atoms with Crippen LogP contribution in [0.5, 0.6) is 0 Å². The molecule has 0 radical (unpaired) electrons. The van der Waals surface area contributed by atoms with Crippen molar-refractivity contribution < 1.29 is 24.1 Å². The lowest BCUT2D eigenvalue weighted by Crippen LogP contribution is -2.44. The predicted molar refractivity (Wildman–Crippen MR) is 106 cm³/mol. The maximum atomic E-state index is 12.7. The van der Waals surface area contributed by atoms with Crippen LogP contribution in [0.25, 0.3) is 0 Å². The van der Waals surface area contributed by atoms with Crippen LogP contribution in [0.2, 0.25) is 0 Å². The molecule has 0 N–H and O–H groups in total. The second kappa shape index (κ2) is 9.02. The minimum Gasteiger partial charge on any atom is -0.341 e. The van der Waals surface area contributed by atoms with Crippen molar-refractivity contribution in [3.05, 3.63) is 39.4 Å². The van der Waals surface area contributed by atoms with Crippen molar-refractivity contribution >= 4 is 29.3 Å². The molecule has 1 fully saturated rings. The van der Waals surface area contributed by atoms with Crippen molar-refractivity contribution in [3.63, 3.8) is 0 Å². The molecule has 0 spiro atoms. The number of benzene rings is 1. The molecular weight excluding hydrogens is 392 g/mol. The standard InChI is InChI=1S/C20H24N4O6/c1-2-3-5-17(25)21-8-4-9-22(11-10-21)18(26)13-23-19(27)15-7-6-14(24(29)30)12-16(15)20(23)28/h6-7,12H,2-5,8-11,13H2,1H3. The summed E-state index contributed by atoms with van der Waals surface area (Å²) >= 11 is 0. The highest BCUT2D eigenvalue weighted by molar-refractivity contribution is 6.22. The number of carbonyl (C=O) groups is 4. The van der Waals surface area contributed by atoms with E-state index in [0.717, 1.165) is 29.9 Å². The normalized spacial score (nSPS) is 16.5. The first-order valence-electron chi connectivity index (χ1n) is 10.0. The molecule has 0 saturated carbocycles. The van der Waals surface area contributed by atoms with E-state index in [-0.39, 0.29) is 28.6 Å². The fourth-order valence-electron chi connectivity index (χ4n) is 3.67. The van der Waals surface area contributed by atoms with Crippen molar-refractivity contribution in [2.24, 2.45) is 0 Å². The van der Waals surface area contributed by atoms with Gasteiger partial charge in [-0.3, -0.25) is 34.2 Å². The molecule has 10 heteroatoms. The van der Waals surface area contributed by atoms with E-state index >= 15 is 0 Å². The Labute approximate surface area is 173 Å². The van der Waals surface area contributed by atoms with Crippen molar-refractivity contribution in [3.8, 4) is 0 Å². The monoisotopic (exact) mass is 416 g/mol. The Bertz CT molecular complexity index is 899. The summed E-state index contributed by atoms with van der Waals surface area (Å²) in [5, 5.41) is 10.9. The average molecular weight is 416 g/mol. The van der Waals surface area contributed by atoms with Gasteiger partial charge < -0.3 is 9.80 Å². The quantitative estimate of drug-likeness (QED) is 0.393. The predicted octanol–water partition coefficient (Wildman–Crippen LogP) is 1.44. The second-order valence-corrected chi connectivity index (χ2v) is 7.40. The summed E-state index contributed by atoms with van der Waals surface area (Å²) in [6.45, 7) is 3.36. The van der Waals surface area contributed by atoms with E-state index in [9.17, 15) is 29.3 Å². The first kappa shape index (κ1) is 21.4. The molecule has 3 rings (SSSR count). The fraction of sp³-hybridized carbons (Fsp3) is 0.500. The van der Waals surface area contributed by atoms with Crippen LogP contribution in [-0.2, 0) is 9.59 Å². The smallest absolute Gasteiger partial charge is 0.270 e. The summed E-state index contributed by atoms with van der Waals surface area (Å²) in [5.74, 6) is -1.65. The van der Waals surface area contributed by atoms with Crippen LogP contribution in [0, 0.1) is 10.1 Å². The van der Waals surface area contributed by atoms with Crippen molar-refractivity contribution in [2.45, 2.75) is 32.6 Å². The van der Waals surface area contributed by atoms with Gasteiger partial charge in [0, 0.05) is 44.7 Å². The lowest BCUT2D eigenvalue weighted by molar-refractivity contribution is -0.384. The van der Waals surface area contributed by atoms with Crippen LogP contribution in [0.1, 0.15) is 53.3 Å². The molecule has 160 valence electrons. The molecule has 1 aromatic carbocycles. The maximum Gasteiger partial charge on any atom is 0.270 e. The van der Waals surface area contributed by atoms with Crippen LogP contribution < -0.4 is 0 Å². The summed E-state index contributed by atoms with van der Waals surface area (Å²) in [4.78, 5) is 64.5. The first-order chi connectivity index (χ1) is 14.3. The van der Waals surface area contributed by atoms with E-state index in [2.05, 4.69) is 0 Å². The third-order valence-electron chi connectivity index (χ3n) is 5.40. The molecule has 2 aliphatic heterocycles. The highest BCUT2D eigenvalue weighted by Crippen LogP contribution is 2.26. The summed E-state index contributed by atoms with van der Waals surface area (Å²) in [5.41, 5.74) is -0.295. The number of imide groups is 1. The zero-order valence-electron chi connectivity index (χ0n) is 16.8. The van der Waals surface area contributed by atoms with Gasteiger partial charge >= 0.3 is 0 Å². The van der Waals surface area contributed by atoms with Gasteiger partial charge in [-0.25, -0.2) is 0 Å². The van der Waals surface area contributed by atoms with Gasteiger partial charge in [-0.1, -0.05) is 13.3 Å². The summed E-state index contributed by atoms with van der Waals surface area (Å²) in [6.07, 6.45) is 2.88. The number of hydrogen-bond donors (Lipinski definition) is 0. The Hall–Kier alpha value is -3.30. The molecule has 4 amide bonds. The summed E-state index contributed by atoms with van der Waals surface area (Å²) in [6, 6.07) is 3.46. The second-order valence-electron chi connectivity index (χ2n) is 7.40. The number of carbonyl (C=O) groups excluding carboxylic acids is 4. The zero-order valence-corrected chi connectivity index (χ0v) is 16.8. The van der Waals surface area contributed by atoms with Gasteiger partial charge in [0.15, 0.2) is 0 Å². The molecule has 0 aromatic heterocycles. The summed E-state index contributed by atoms with van der Waals surface area (Å²) < 4.78 is 0. The van der Waals surface area contributed by atoms with Crippen LogP contribution in [0.3, 0.4) is 0 Å². The van der Waals surface area contributed by atoms with Crippen molar-refractivity contribution in [1.82, 2.24) is 14.7 Å². The van der Waals surface area contributed by atoms with E-state index in [1.807, 2.05) is 6.92 Å². The Morgan fingerprint density at radius 3 is 2.27 bits per heavy atom. The Kier molecular flexibility index (Phi) is 6.43. The Balaban J connectivity index is 1.63. The number of nitrogens with zero attached hydrogens (tertiary/aromatic N) is 4. The lowest BCUT2D eigenvalue weighted by Gasteiger charge is -2.24. The molecule has 0 aliphatic carbocycles. The van der Waals surface area contributed by atoms with E-state index in [4.69, 9.17) is 0 Å². The molecular formula is C20H24N4O6. The molecule has 2 heterocycles.